The normalized spacial score (nSPS) is 16.2. The van der Waals surface area contributed by atoms with E-state index in [-0.39, 0.29) is 6.03 Å². The van der Waals surface area contributed by atoms with Crippen LogP contribution in [0, 0.1) is 0 Å². The molecule has 2 amide bonds. The topological polar surface area (TPSA) is 83.7 Å². The van der Waals surface area contributed by atoms with Crippen LogP contribution in [0.25, 0.3) is 11.4 Å². The fourth-order valence-corrected chi connectivity index (χ4v) is 3.88. The molecule has 0 bridgehead atoms. The van der Waals surface area contributed by atoms with Crippen LogP contribution >= 0.6 is 0 Å². The number of urea groups is 1. The molecule has 166 valence electrons. The van der Waals surface area contributed by atoms with Crippen molar-refractivity contribution < 1.29 is 14.1 Å². The summed E-state index contributed by atoms with van der Waals surface area (Å²) < 4.78 is 11.0. The lowest BCUT2D eigenvalue weighted by Crippen LogP contribution is -2.50. The van der Waals surface area contributed by atoms with E-state index in [1.807, 2.05) is 48.2 Å². The number of nitrogens with one attached hydrogen (secondary N) is 1. The van der Waals surface area contributed by atoms with Crippen molar-refractivity contribution in [2.24, 2.45) is 0 Å². The van der Waals surface area contributed by atoms with Crippen molar-refractivity contribution in [3.05, 3.63) is 54.4 Å². The van der Waals surface area contributed by atoms with Crippen molar-refractivity contribution in [1.82, 2.24) is 15.0 Å². The summed E-state index contributed by atoms with van der Waals surface area (Å²) in [5, 5.41) is 7.09. The first-order chi connectivity index (χ1) is 15.7. The molecule has 1 aliphatic heterocycles. The Morgan fingerprint density at radius 1 is 1.09 bits per heavy atom. The molecule has 2 fully saturated rings. The van der Waals surface area contributed by atoms with Crippen LogP contribution in [0.3, 0.4) is 0 Å². The molecule has 5 rings (SSSR count). The summed E-state index contributed by atoms with van der Waals surface area (Å²) in [7, 11) is 0. The van der Waals surface area contributed by atoms with Gasteiger partial charge in [-0.05, 0) is 56.2 Å². The third-order valence-electron chi connectivity index (χ3n) is 5.85. The predicted molar refractivity (Wildman–Crippen MR) is 122 cm³/mol. The Bertz CT molecular complexity index is 1070. The second-order valence-electron chi connectivity index (χ2n) is 8.11. The van der Waals surface area contributed by atoms with Gasteiger partial charge in [-0.1, -0.05) is 17.3 Å². The highest BCUT2D eigenvalue weighted by molar-refractivity contribution is 5.91. The number of carbonyl (C=O) groups is 1. The summed E-state index contributed by atoms with van der Waals surface area (Å²) in [6.45, 7) is 5.33. The molecular formula is C24H27N5O3. The maximum absolute atomic E-state index is 12.7. The van der Waals surface area contributed by atoms with Crippen LogP contribution < -0.4 is 15.0 Å². The molecule has 0 atom stereocenters. The summed E-state index contributed by atoms with van der Waals surface area (Å²) >= 11 is 0. The Labute approximate surface area is 187 Å². The van der Waals surface area contributed by atoms with Gasteiger partial charge >= 0.3 is 6.03 Å². The molecule has 1 saturated heterocycles. The first-order valence-electron chi connectivity index (χ1n) is 11.2. The molecule has 1 aliphatic carbocycles. The molecule has 8 nitrogen and oxygen atoms in total. The number of amides is 2. The number of hydrogen-bond acceptors (Lipinski definition) is 6. The minimum atomic E-state index is -0.101. The molecule has 32 heavy (non-hydrogen) atoms. The number of benzene rings is 2. The summed E-state index contributed by atoms with van der Waals surface area (Å²) in [4.78, 5) is 21.4. The lowest BCUT2D eigenvalue weighted by molar-refractivity contribution is 0.208. The van der Waals surface area contributed by atoms with Crippen molar-refractivity contribution in [3.8, 4) is 17.1 Å². The summed E-state index contributed by atoms with van der Waals surface area (Å²) in [6.07, 6.45) is 2.28. The Kier molecular flexibility index (Phi) is 5.66. The average Bonchev–Trinajstić information content (AvgIpc) is 3.57. The zero-order valence-electron chi connectivity index (χ0n) is 18.2. The van der Waals surface area contributed by atoms with Crippen molar-refractivity contribution in [2.75, 3.05) is 43.0 Å². The Hall–Kier alpha value is -3.55. The summed E-state index contributed by atoms with van der Waals surface area (Å²) in [5.41, 5.74) is 2.78. The van der Waals surface area contributed by atoms with Gasteiger partial charge in [0.05, 0.1) is 12.3 Å². The first kappa shape index (κ1) is 20.4. The maximum atomic E-state index is 12.7. The fourth-order valence-electron chi connectivity index (χ4n) is 3.88. The molecule has 1 aromatic heterocycles. The zero-order valence-corrected chi connectivity index (χ0v) is 18.2. The van der Waals surface area contributed by atoms with E-state index in [0.717, 1.165) is 43.1 Å². The van der Waals surface area contributed by atoms with E-state index in [0.29, 0.717) is 42.9 Å². The number of rotatable bonds is 6. The van der Waals surface area contributed by atoms with Gasteiger partial charge in [0.2, 0.25) is 11.7 Å². The van der Waals surface area contributed by atoms with Crippen molar-refractivity contribution in [3.63, 3.8) is 0 Å². The quantitative estimate of drug-likeness (QED) is 0.622. The molecule has 8 heteroatoms. The van der Waals surface area contributed by atoms with Crippen LogP contribution in [0.5, 0.6) is 5.75 Å². The number of piperazine rings is 1. The van der Waals surface area contributed by atoms with Gasteiger partial charge in [-0.25, -0.2) is 4.79 Å². The zero-order chi connectivity index (χ0) is 21.9. The van der Waals surface area contributed by atoms with Crippen LogP contribution in [0.4, 0.5) is 16.2 Å². The van der Waals surface area contributed by atoms with Crippen LogP contribution in [-0.2, 0) is 0 Å². The monoisotopic (exact) mass is 433 g/mol. The van der Waals surface area contributed by atoms with E-state index in [4.69, 9.17) is 9.26 Å². The molecule has 2 aliphatic rings. The van der Waals surface area contributed by atoms with Crippen molar-refractivity contribution >= 4 is 17.4 Å². The predicted octanol–water partition coefficient (Wildman–Crippen LogP) is 4.37. The second kappa shape index (κ2) is 8.90. The van der Waals surface area contributed by atoms with Gasteiger partial charge in [0, 0.05) is 43.3 Å². The third-order valence-corrected chi connectivity index (χ3v) is 5.85. The molecule has 2 aromatic carbocycles. The van der Waals surface area contributed by atoms with Crippen LogP contribution in [0.2, 0.25) is 0 Å². The fraction of sp³-hybridized carbons (Fsp3) is 0.375. The molecule has 1 saturated carbocycles. The van der Waals surface area contributed by atoms with Crippen LogP contribution in [0.1, 0.15) is 31.6 Å². The standard InChI is InChI=1S/C24H27N5O3/c1-2-31-21-6-4-3-5-20(21)25-24(30)29-15-13-28(14-16-29)19-11-9-17(10-12-19)22-26-23(32-27-22)18-7-8-18/h3-6,9-12,18H,2,7-8,13-16H2,1H3,(H,25,30). The highest BCUT2D eigenvalue weighted by atomic mass is 16.5. The second-order valence-corrected chi connectivity index (χ2v) is 8.11. The molecular weight excluding hydrogens is 406 g/mol. The number of nitrogens with zero attached hydrogens (tertiary/aromatic N) is 4. The van der Waals surface area contributed by atoms with E-state index < -0.39 is 0 Å². The van der Waals surface area contributed by atoms with E-state index in [9.17, 15) is 4.79 Å². The number of hydrogen-bond donors (Lipinski definition) is 1. The van der Waals surface area contributed by atoms with Gasteiger partial charge in [0.15, 0.2) is 0 Å². The summed E-state index contributed by atoms with van der Waals surface area (Å²) in [5.74, 6) is 2.54. The molecule has 0 radical (unpaired) electrons. The largest absolute Gasteiger partial charge is 0.492 e. The van der Waals surface area contributed by atoms with Crippen LogP contribution in [-0.4, -0.2) is 53.9 Å². The number of aromatic nitrogens is 2. The molecule has 3 aromatic rings. The van der Waals surface area contributed by atoms with E-state index in [2.05, 4.69) is 32.5 Å². The number of para-hydroxylation sites is 2. The Morgan fingerprint density at radius 2 is 1.84 bits per heavy atom. The molecule has 2 heterocycles. The van der Waals surface area contributed by atoms with Gasteiger partial charge in [0.1, 0.15) is 5.75 Å². The minimum Gasteiger partial charge on any atom is -0.492 e. The highest BCUT2D eigenvalue weighted by Crippen LogP contribution is 2.39. The first-order valence-corrected chi connectivity index (χ1v) is 11.2. The lowest BCUT2D eigenvalue weighted by atomic mass is 10.1. The SMILES string of the molecule is CCOc1ccccc1NC(=O)N1CCN(c2ccc(-c3noc(C4CC4)n3)cc2)CC1. The van der Waals surface area contributed by atoms with Gasteiger partial charge in [-0.2, -0.15) is 4.98 Å². The van der Waals surface area contributed by atoms with Gasteiger partial charge in [-0.15, -0.1) is 0 Å². The van der Waals surface area contributed by atoms with Crippen molar-refractivity contribution in [1.29, 1.82) is 0 Å². The lowest BCUT2D eigenvalue weighted by Gasteiger charge is -2.36. The number of anilines is 2. The van der Waals surface area contributed by atoms with E-state index in [1.54, 1.807) is 0 Å². The average molecular weight is 434 g/mol. The van der Waals surface area contributed by atoms with Gasteiger partial charge in [-0.3, -0.25) is 0 Å². The number of carbonyl (C=O) groups excluding carboxylic acids is 1. The van der Waals surface area contributed by atoms with E-state index >= 15 is 0 Å². The van der Waals surface area contributed by atoms with Crippen molar-refractivity contribution in [2.45, 2.75) is 25.7 Å². The van der Waals surface area contributed by atoms with Crippen LogP contribution in [0.15, 0.2) is 53.1 Å². The Balaban J connectivity index is 1.17. The summed E-state index contributed by atoms with van der Waals surface area (Å²) in [6, 6.07) is 15.6. The molecule has 0 unspecified atom stereocenters. The minimum absolute atomic E-state index is 0.101. The highest BCUT2D eigenvalue weighted by Gasteiger charge is 2.30. The van der Waals surface area contributed by atoms with Gasteiger partial charge in [0.25, 0.3) is 0 Å². The molecule has 0 spiro atoms. The van der Waals surface area contributed by atoms with Gasteiger partial charge < -0.3 is 24.4 Å². The molecule has 1 N–H and O–H groups in total. The third kappa shape index (κ3) is 4.39. The van der Waals surface area contributed by atoms with E-state index in [1.165, 1.54) is 0 Å². The number of ether oxygens (including phenoxy) is 1. The Morgan fingerprint density at radius 3 is 2.56 bits per heavy atom. The smallest absolute Gasteiger partial charge is 0.322 e. The maximum Gasteiger partial charge on any atom is 0.322 e.